The zero-order valence-electron chi connectivity index (χ0n) is 19.2. The van der Waals surface area contributed by atoms with Gasteiger partial charge in [-0.1, -0.05) is 42.0 Å². The maximum absolute atomic E-state index is 13.4. The van der Waals surface area contributed by atoms with Gasteiger partial charge in [-0.25, -0.2) is 8.42 Å². The average molecular weight is 462 g/mol. The second-order valence-electron chi connectivity index (χ2n) is 7.52. The lowest BCUT2D eigenvalue weighted by atomic mass is 10.1. The molecule has 8 nitrogen and oxygen atoms in total. The number of carbonyl (C=O) groups is 2. The van der Waals surface area contributed by atoms with Crippen LogP contribution in [0.4, 0.5) is 5.69 Å². The predicted molar refractivity (Wildman–Crippen MR) is 125 cm³/mol. The lowest BCUT2D eigenvalue weighted by Gasteiger charge is -2.31. The molecule has 0 bridgehead atoms. The number of carbonyl (C=O) groups excluding carboxylic acids is 2. The molecular formula is C23H31N3O5S. The Kier molecular flexibility index (Phi) is 8.65. The summed E-state index contributed by atoms with van der Waals surface area (Å²) < 4.78 is 31.5. The molecule has 9 heteroatoms. The quantitative estimate of drug-likeness (QED) is 0.586. The van der Waals surface area contributed by atoms with Crippen LogP contribution in [0, 0.1) is 6.92 Å². The third-order valence-electron chi connectivity index (χ3n) is 4.99. The van der Waals surface area contributed by atoms with E-state index in [9.17, 15) is 18.0 Å². The van der Waals surface area contributed by atoms with E-state index in [0.717, 1.165) is 21.7 Å². The highest BCUT2D eigenvalue weighted by Crippen LogP contribution is 2.29. The van der Waals surface area contributed by atoms with E-state index in [2.05, 4.69) is 5.32 Å². The lowest BCUT2D eigenvalue weighted by Crippen LogP contribution is -2.51. The van der Waals surface area contributed by atoms with Gasteiger partial charge < -0.3 is 15.0 Å². The number of nitrogens with zero attached hydrogens (tertiary/aromatic N) is 2. The topological polar surface area (TPSA) is 96.0 Å². The third kappa shape index (κ3) is 6.46. The van der Waals surface area contributed by atoms with E-state index in [1.165, 1.54) is 12.0 Å². The van der Waals surface area contributed by atoms with Crippen LogP contribution in [0.3, 0.4) is 0 Å². The van der Waals surface area contributed by atoms with Gasteiger partial charge in [-0.3, -0.25) is 13.9 Å². The Balaban J connectivity index is 2.42. The maximum atomic E-state index is 13.4. The van der Waals surface area contributed by atoms with Gasteiger partial charge in [0.05, 0.1) is 19.1 Å². The molecule has 2 aromatic carbocycles. The Bertz CT molecular complexity index is 1060. The summed E-state index contributed by atoms with van der Waals surface area (Å²) in [6.07, 6.45) is 1.03. The molecule has 2 aromatic rings. The highest BCUT2D eigenvalue weighted by Gasteiger charge is 2.30. The molecule has 0 radical (unpaired) electrons. The molecule has 0 heterocycles. The Morgan fingerprint density at radius 2 is 1.81 bits per heavy atom. The van der Waals surface area contributed by atoms with Gasteiger partial charge in [-0.2, -0.15) is 0 Å². The number of ether oxygens (including phenoxy) is 1. The van der Waals surface area contributed by atoms with Crippen LogP contribution in [0.25, 0.3) is 0 Å². The summed E-state index contributed by atoms with van der Waals surface area (Å²) in [6.45, 7) is 5.50. The van der Waals surface area contributed by atoms with Gasteiger partial charge in [0.15, 0.2) is 0 Å². The highest BCUT2D eigenvalue weighted by atomic mass is 32.2. The molecule has 0 saturated carbocycles. The molecule has 2 rings (SSSR count). The van der Waals surface area contributed by atoms with Crippen molar-refractivity contribution in [2.24, 2.45) is 0 Å². The number of anilines is 1. The van der Waals surface area contributed by atoms with Gasteiger partial charge in [0.1, 0.15) is 18.3 Å². The Morgan fingerprint density at radius 1 is 1.12 bits per heavy atom. The van der Waals surface area contributed by atoms with Crippen molar-refractivity contribution in [2.45, 2.75) is 33.4 Å². The van der Waals surface area contributed by atoms with E-state index < -0.39 is 28.5 Å². The normalized spacial score (nSPS) is 12.0. The van der Waals surface area contributed by atoms with Gasteiger partial charge >= 0.3 is 0 Å². The molecule has 0 saturated heterocycles. The fraction of sp³-hybridized carbons (Fsp3) is 0.391. The molecule has 0 aliphatic carbocycles. The smallest absolute Gasteiger partial charge is 0.244 e. The molecule has 174 valence electrons. The first-order valence-corrected chi connectivity index (χ1v) is 12.2. The Hall–Kier alpha value is -3.07. The minimum absolute atomic E-state index is 0.169. The summed E-state index contributed by atoms with van der Waals surface area (Å²) >= 11 is 0. The summed E-state index contributed by atoms with van der Waals surface area (Å²) in [7, 11) is -2.38. The van der Waals surface area contributed by atoms with Crippen molar-refractivity contribution >= 4 is 27.5 Å². The number of hydrogen-bond donors (Lipinski definition) is 1. The summed E-state index contributed by atoms with van der Waals surface area (Å²) in [5.41, 5.74) is 2.12. The molecule has 0 aromatic heterocycles. The summed E-state index contributed by atoms with van der Waals surface area (Å²) in [6, 6.07) is 13.4. The summed E-state index contributed by atoms with van der Waals surface area (Å²) in [5, 5.41) is 2.73. The average Bonchev–Trinajstić information content (AvgIpc) is 2.74. The van der Waals surface area contributed by atoms with Crippen molar-refractivity contribution in [1.82, 2.24) is 10.2 Å². The van der Waals surface area contributed by atoms with E-state index in [4.69, 9.17) is 4.74 Å². The Labute approximate surface area is 190 Å². The molecular weight excluding hydrogens is 430 g/mol. The van der Waals surface area contributed by atoms with Crippen molar-refractivity contribution in [3.05, 3.63) is 59.7 Å². The summed E-state index contributed by atoms with van der Waals surface area (Å²) in [4.78, 5) is 27.4. The number of nitrogens with one attached hydrogen (secondary N) is 1. The standard InChI is InChI=1S/C23H31N3O5S/c1-6-24-23(28)18(3)25(15-19-11-9-10-17(2)14-19)22(27)16-26(32(5,29)30)20-12-7-8-13-21(20)31-4/h7-14,18H,6,15-16H2,1-5H3,(H,24,28)/t18-/m0/s1. The number of benzene rings is 2. The first kappa shape index (κ1) is 25.2. The van der Waals surface area contributed by atoms with Crippen molar-refractivity contribution in [2.75, 3.05) is 30.8 Å². The largest absolute Gasteiger partial charge is 0.495 e. The molecule has 0 aliphatic heterocycles. The van der Waals surface area contributed by atoms with Crippen LogP contribution in [0.15, 0.2) is 48.5 Å². The molecule has 0 fully saturated rings. The second-order valence-corrected chi connectivity index (χ2v) is 9.43. The fourth-order valence-electron chi connectivity index (χ4n) is 3.34. The van der Waals surface area contributed by atoms with Gasteiger partial charge in [0.25, 0.3) is 0 Å². The Morgan fingerprint density at radius 3 is 2.41 bits per heavy atom. The first-order valence-electron chi connectivity index (χ1n) is 10.3. The number of sulfonamides is 1. The minimum atomic E-state index is -3.81. The van der Waals surface area contributed by atoms with Crippen LogP contribution in [0.1, 0.15) is 25.0 Å². The number of aryl methyl sites for hydroxylation is 1. The van der Waals surface area contributed by atoms with E-state index in [1.54, 1.807) is 38.1 Å². The van der Waals surface area contributed by atoms with Gasteiger partial charge in [-0.05, 0) is 38.5 Å². The fourth-order valence-corrected chi connectivity index (χ4v) is 4.20. The van der Waals surface area contributed by atoms with E-state index >= 15 is 0 Å². The van der Waals surface area contributed by atoms with Crippen LogP contribution in [0.2, 0.25) is 0 Å². The van der Waals surface area contributed by atoms with E-state index in [1.807, 2.05) is 31.2 Å². The molecule has 1 atom stereocenters. The second kappa shape index (κ2) is 11.0. The SMILES string of the molecule is CCNC(=O)[C@H](C)N(Cc1cccc(C)c1)C(=O)CN(c1ccccc1OC)S(C)(=O)=O. The van der Waals surface area contributed by atoms with E-state index in [0.29, 0.717) is 12.3 Å². The van der Waals surface area contributed by atoms with Crippen molar-refractivity contribution in [3.8, 4) is 5.75 Å². The van der Waals surface area contributed by atoms with Crippen LogP contribution in [-0.4, -0.2) is 57.6 Å². The first-order chi connectivity index (χ1) is 15.1. The monoisotopic (exact) mass is 461 g/mol. The number of hydrogen-bond acceptors (Lipinski definition) is 5. The van der Waals surface area contributed by atoms with Crippen molar-refractivity contribution in [1.29, 1.82) is 0 Å². The van der Waals surface area contributed by atoms with Crippen molar-refractivity contribution in [3.63, 3.8) is 0 Å². The molecule has 0 spiro atoms. The molecule has 32 heavy (non-hydrogen) atoms. The number of rotatable bonds is 10. The highest BCUT2D eigenvalue weighted by molar-refractivity contribution is 7.92. The van der Waals surface area contributed by atoms with Crippen LogP contribution >= 0.6 is 0 Å². The van der Waals surface area contributed by atoms with Gasteiger partial charge in [0, 0.05) is 13.1 Å². The van der Waals surface area contributed by atoms with E-state index in [-0.39, 0.29) is 18.1 Å². The van der Waals surface area contributed by atoms with Crippen LogP contribution in [-0.2, 0) is 26.2 Å². The zero-order chi connectivity index (χ0) is 23.9. The minimum Gasteiger partial charge on any atom is -0.495 e. The zero-order valence-corrected chi connectivity index (χ0v) is 20.0. The van der Waals surface area contributed by atoms with Gasteiger partial charge in [-0.15, -0.1) is 0 Å². The molecule has 0 unspecified atom stereocenters. The number of para-hydroxylation sites is 2. The number of amides is 2. The van der Waals surface area contributed by atoms with Crippen molar-refractivity contribution < 1.29 is 22.7 Å². The predicted octanol–water partition coefficient (Wildman–Crippen LogP) is 2.32. The lowest BCUT2D eigenvalue weighted by molar-refractivity contribution is -0.139. The van der Waals surface area contributed by atoms with Crippen LogP contribution in [0.5, 0.6) is 5.75 Å². The number of likely N-dealkylation sites (N-methyl/N-ethyl adjacent to an activating group) is 1. The van der Waals surface area contributed by atoms with Gasteiger partial charge in [0.2, 0.25) is 21.8 Å². The number of methoxy groups -OCH3 is 1. The molecule has 1 N–H and O–H groups in total. The molecule has 0 aliphatic rings. The molecule has 2 amide bonds. The third-order valence-corrected chi connectivity index (χ3v) is 6.11. The summed E-state index contributed by atoms with van der Waals surface area (Å²) in [5.74, 6) is -0.481. The maximum Gasteiger partial charge on any atom is 0.244 e. The van der Waals surface area contributed by atoms with Crippen LogP contribution < -0.4 is 14.4 Å².